The van der Waals surface area contributed by atoms with E-state index in [4.69, 9.17) is 16.3 Å². The van der Waals surface area contributed by atoms with E-state index in [1.54, 1.807) is 12.1 Å². The molecule has 0 bridgehead atoms. The van der Waals surface area contributed by atoms with Gasteiger partial charge in [-0.05, 0) is 75.4 Å². The third-order valence-corrected chi connectivity index (χ3v) is 7.09. The molecule has 2 aliphatic rings. The zero-order valence-corrected chi connectivity index (χ0v) is 20.2. The molecule has 0 spiro atoms. The Morgan fingerprint density at radius 2 is 1.58 bits per heavy atom. The fourth-order valence-corrected chi connectivity index (χ4v) is 5.04. The van der Waals surface area contributed by atoms with Crippen molar-refractivity contribution in [3.05, 3.63) is 64.7 Å². The highest BCUT2D eigenvalue weighted by molar-refractivity contribution is 6.30. The van der Waals surface area contributed by atoms with E-state index < -0.39 is 5.41 Å². The van der Waals surface area contributed by atoms with Crippen molar-refractivity contribution in [3.8, 4) is 5.75 Å². The van der Waals surface area contributed by atoms with Gasteiger partial charge in [-0.1, -0.05) is 29.3 Å². The lowest BCUT2D eigenvalue weighted by atomic mass is 9.77. The standard InChI is InChI=1S/C27H33ClN2O3/c1-21-6-8-22(9-7-21)26(32)30-17-5-14-27(19-30,18-25(31)29-15-3-2-4-16-29)20-33-24-12-10-23(28)11-13-24/h6-13H,2-5,14-20H2,1H3/t27-/m1/s1. The summed E-state index contributed by atoms with van der Waals surface area (Å²) in [6, 6.07) is 15.0. The van der Waals surface area contributed by atoms with Gasteiger partial charge in [0.25, 0.3) is 5.91 Å². The summed E-state index contributed by atoms with van der Waals surface area (Å²) in [6.07, 6.45) is 5.44. The quantitative estimate of drug-likeness (QED) is 0.574. The maximum absolute atomic E-state index is 13.3. The van der Waals surface area contributed by atoms with Gasteiger partial charge in [-0.2, -0.15) is 0 Å². The number of piperidine rings is 2. The molecule has 0 unspecified atom stereocenters. The Labute approximate surface area is 201 Å². The van der Waals surface area contributed by atoms with Gasteiger partial charge in [0.2, 0.25) is 5.91 Å². The molecule has 2 amide bonds. The molecule has 0 N–H and O–H groups in total. The van der Waals surface area contributed by atoms with Crippen molar-refractivity contribution in [2.45, 2.75) is 45.4 Å². The lowest BCUT2D eigenvalue weighted by molar-refractivity contribution is -0.136. The second-order valence-corrected chi connectivity index (χ2v) is 9.99. The monoisotopic (exact) mass is 468 g/mol. The first-order valence-corrected chi connectivity index (χ1v) is 12.3. The second-order valence-electron chi connectivity index (χ2n) is 9.56. The number of rotatable bonds is 6. The van der Waals surface area contributed by atoms with E-state index in [9.17, 15) is 9.59 Å². The molecule has 2 aromatic rings. The molecule has 2 fully saturated rings. The molecule has 6 heteroatoms. The van der Waals surface area contributed by atoms with Gasteiger partial charge in [-0.25, -0.2) is 0 Å². The third kappa shape index (κ3) is 6.08. The minimum absolute atomic E-state index is 0.0241. The molecule has 0 radical (unpaired) electrons. The van der Waals surface area contributed by atoms with Crippen LogP contribution >= 0.6 is 11.6 Å². The number of aryl methyl sites for hydroxylation is 1. The van der Waals surface area contributed by atoms with Crippen molar-refractivity contribution in [2.75, 3.05) is 32.8 Å². The minimum Gasteiger partial charge on any atom is -0.493 e. The molecule has 0 aliphatic carbocycles. The summed E-state index contributed by atoms with van der Waals surface area (Å²) < 4.78 is 6.17. The van der Waals surface area contributed by atoms with E-state index in [0.29, 0.717) is 36.7 Å². The van der Waals surface area contributed by atoms with Crippen LogP contribution in [0.4, 0.5) is 0 Å². The molecule has 4 rings (SSSR count). The molecule has 2 aromatic carbocycles. The van der Waals surface area contributed by atoms with Crippen molar-refractivity contribution >= 4 is 23.4 Å². The predicted octanol–water partition coefficient (Wildman–Crippen LogP) is 5.35. The Morgan fingerprint density at radius 1 is 0.909 bits per heavy atom. The number of likely N-dealkylation sites (tertiary alicyclic amines) is 2. The largest absolute Gasteiger partial charge is 0.493 e. The van der Waals surface area contributed by atoms with Crippen LogP contribution in [0.25, 0.3) is 0 Å². The third-order valence-electron chi connectivity index (χ3n) is 6.84. The van der Waals surface area contributed by atoms with Crippen LogP contribution in [0, 0.1) is 12.3 Å². The zero-order chi connectivity index (χ0) is 23.3. The topological polar surface area (TPSA) is 49.9 Å². The Balaban J connectivity index is 1.52. The maximum atomic E-state index is 13.3. The molecular formula is C27H33ClN2O3. The van der Waals surface area contributed by atoms with E-state index in [1.165, 1.54) is 6.42 Å². The van der Waals surface area contributed by atoms with Crippen LogP contribution in [0.15, 0.2) is 48.5 Å². The number of halogens is 1. The molecule has 2 saturated heterocycles. The molecule has 176 valence electrons. The average Bonchev–Trinajstić information content (AvgIpc) is 2.84. The Morgan fingerprint density at radius 3 is 2.27 bits per heavy atom. The minimum atomic E-state index is -0.410. The maximum Gasteiger partial charge on any atom is 0.253 e. The van der Waals surface area contributed by atoms with Gasteiger partial charge in [-0.3, -0.25) is 9.59 Å². The van der Waals surface area contributed by atoms with Crippen LogP contribution in [-0.4, -0.2) is 54.4 Å². The van der Waals surface area contributed by atoms with Gasteiger partial charge >= 0.3 is 0 Å². The number of carbonyl (C=O) groups excluding carboxylic acids is 2. The first kappa shape index (κ1) is 23.6. The molecule has 2 aliphatic heterocycles. The van der Waals surface area contributed by atoms with Crippen LogP contribution in [0.3, 0.4) is 0 Å². The summed E-state index contributed by atoms with van der Waals surface area (Å²) in [5.41, 5.74) is 1.41. The van der Waals surface area contributed by atoms with Crippen molar-refractivity contribution in [3.63, 3.8) is 0 Å². The molecule has 1 atom stereocenters. The molecule has 33 heavy (non-hydrogen) atoms. The van der Waals surface area contributed by atoms with Crippen LogP contribution in [0.1, 0.15) is 54.4 Å². The highest BCUT2D eigenvalue weighted by Gasteiger charge is 2.41. The Bertz CT molecular complexity index is 954. The van der Waals surface area contributed by atoms with Crippen LogP contribution in [-0.2, 0) is 4.79 Å². The molecular weight excluding hydrogens is 436 g/mol. The second kappa shape index (κ2) is 10.6. The summed E-state index contributed by atoms with van der Waals surface area (Å²) >= 11 is 6.01. The van der Waals surface area contributed by atoms with E-state index in [1.807, 2.05) is 53.1 Å². The summed E-state index contributed by atoms with van der Waals surface area (Å²) in [5.74, 6) is 0.932. The van der Waals surface area contributed by atoms with Gasteiger partial charge < -0.3 is 14.5 Å². The normalized spacial score (nSPS) is 21.0. The highest BCUT2D eigenvalue weighted by Crippen LogP contribution is 2.36. The van der Waals surface area contributed by atoms with Gasteiger partial charge in [0.15, 0.2) is 0 Å². The van der Waals surface area contributed by atoms with E-state index >= 15 is 0 Å². The van der Waals surface area contributed by atoms with Crippen molar-refractivity contribution in [1.82, 2.24) is 9.80 Å². The fraction of sp³-hybridized carbons (Fsp3) is 0.481. The molecule has 5 nitrogen and oxygen atoms in total. The Kier molecular flexibility index (Phi) is 7.59. The van der Waals surface area contributed by atoms with E-state index in [2.05, 4.69) is 0 Å². The zero-order valence-electron chi connectivity index (χ0n) is 19.4. The number of benzene rings is 2. The number of hydrogen-bond acceptors (Lipinski definition) is 3. The predicted molar refractivity (Wildman–Crippen MR) is 131 cm³/mol. The van der Waals surface area contributed by atoms with Crippen molar-refractivity contribution < 1.29 is 14.3 Å². The van der Waals surface area contributed by atoms with Gasteiger partial charge in [0, 0.05) is 48.6 Å². The number of hydrogen-bond donors (Lipinski definition) is 0. The van der Waals surface area contributed by atoms with Crippen LogP contribution < -0.4 is 4.74 Å². The summed E-state index contributed by atoms with van der Waals surface area (Å²) in [7, 11) is 0. The fourth-order valence-electron chi connectivity index (χ4n) is 4.92. The average molecular weight is 469 g/mol. The molecule has 0 aromatic heterocycles. The summed E-state index contributed by atoms with van der Waals surface area (Å²) in [5, 5.41) is 0.657. The summed E-state index contributed by atoms with van der Waals surface area (Å²) in [4.78, 5) is 30.4. The SMILES string of the molecule is Cc1ccc(C(=O)N2CCC[C@@](COc3ccc(Cl)cc3)(CC(=O)N3CCCCC3)C2)cc1. The molecule has 2 heterocycles. The van der Waals surface area contributed by atoms with Gasteiger partial charge in [-0.15, -0.1) is 0 Å². The number of carbonyl (C=O) groups is 2. The lowest BCUT2D eigenvalue weighted by Gasteiger charge is -2.43. The van der Waals surface area contributed by atoms with Gasteiger partial charge in [0.1, 0.15) is 5.75 Å². The highest BCUT2D eigenvalue weighted by atomic mass is 35.5. The first-order chi connectivity index (χ1) is 15.9. The van der Waals surface area contributed by atoms with Crippen LogP contribution in [0.2, 0.25) is 5.02 Å². The van der Waals surface area contributed by atoms with Crippen molar-refractivity contribution in [1.29, 1.82) is 0 Å². The van der Waals surface area contributed by atoms with E-state index in [0.717, 1.165) is 50.1 Å². The lowest BCUT2D eigenvalue weighted by Crippen LogP contribution is -2.51. The van der Waals surface area contributed by atoms with E-state index in [-0.39, 0.29) is 11.8 Å². The smallest absolute Gasteiger partial charge is 0.253 e. The van der Waals surface area contributed by atoms with Crippen LogP contribution in [0.5, 0.6) is 5.75 Å². The van der Waals surface area contributed by atoms with Gasteiger partial charge in [0.05, 0.1) is 6.61 Å². The Hall–Kier alpha value is -2.53. The van der Waals surface area contributed by atoms with Crippen molar-refractivity contribution in [2.24, 2.45) is 5.41 Å². The first-order valence-electron chi connectivity index (χ1n) is 12.0. The molecule has 0 saturated carbocycles. The number of ether oxygens (including phenoxy) is 1. The number of amides is 2. The number of nitrogens with zero attached hydrogens (tertiary/aromatic N) is 2. The summed E-state index contributed by atoms with van der Waals surface area (Å²) in [6.45, 7) is 5.30.